The Balaban J connectivity index is 1.30. The van der Waals surface area contributed by atoms with Crippen LogP contribution in [0.4, 0.5) is 13.2 Å². The Morgan fingerprint density at radius 1 is 1.18 bits per heavy atom. The molecule has 8 atom stereocenters. The van der Waals surface area contributed by atoms with Crippen molar-refractivity contribution >= 4 is 5.91 Å². The lowest BCUT2D eigenvalue weighted by atomic mass is 9.73. The predicted molar refractivity (Wildman–Crippen MR) is 121 cm³/mol. The van der Waals surface area contributed by atoms with Crippen LogP contribution in [0, 0.1) is 29.6 Å². The first-order valence-corrected chi connectivity index (χ1v) is 13.1. The van der Waals surface area contributed by atoms with Crippen LogP contribution in [0.25, 0.3) is 0 Å². The molecule has 0 aromatic heterocycles. The Labute approximate surface area is 200 Å². The minimum Gasteiger partial charge on any atom is -0.378 e. The molecule has 3 saturated heterocycles. The van der Waals surface area contributed by atoms with Crippen molar-refractivity contribution < 1.29 is 22.7 Å². The smallest absolute Gasteiger partial charge is 0.378 e. The highest BCUT2D eigenvalue weighted by molar-refractivity contribution is 5.82. The number of fused-ring (bicyclic) bond motifs is 1. The predicted octanol–water partition coefficient (Wildman–Crippen LogP) is 2.30. The van der Waals surface area contributed by atoms with Gasteiger partial charge >= 0.3 is 6.18 Å². The molecule has 3 heterocycles. The third-order valence-corrected chi connectivity index (χ3v) is 9.29. The Morgan fingerprint density at radius 2 is 1.97 bits per heavy atom. The highest BCUT2D eigenvalue weighted by Crippen LogP contribution is 2.49. The van der Waals surface area contributed by atoms with E-state index in [1.54, 1.807) is 0 Å². The van der Waals surface area contributed by atoms with Crippen LogP contribution in [0.3, 0.4) is 0 Å². The van der Waals surface area contributed by atoms with E-state index in [4.69, 9.17) is 4.74 Å². The molecule has 1 amide bonds. The van der Waals surface area contributed by atoms with Gasteiger partial charge in [0, 0.05) is 24.5 Å². The van der Waals surface area contributed by atoms with Gasteiger partial charge in [0.15, 0.2) is 0 Å². The summed E-state index contributed by atoms with van der Waals surface area (Å²) in [6.45, 7) is 4.79. The molecule has 0 radical (unpaired) electrons. The number of amides is 1. The molecule has 2 aliphatic carbocycles. The van der Waals surface area contributed by atoms with Crippen molar-refractivity contribution in [1.82, 2.24) is 26.0 Å². The van der Waals surface area contributed by atoms with Crippen LogP contribution in [-0.2, 0) is 9.53 Å². The van der Waals surface area contributed by atoms with Gasteiger partial charge in [-0.05, 0) is 63.3 Å². The number of rotatable bonds is 6. The van der Waals surface area contributed by atoms with Crippen LogP contribution in [0.2, 0.25) is 0 Å². The SMILES string of the molecule is C[C@H](CC1NNCN1C)C1CC(NC2COC2)CC(N2CC3C(CCCC3C(F)(F)F)C2=O)C1. The summed E-state index contributed by atoms with van der Waals surface area (Å²) < 4.78 is 46.6. The number of likely N-dealkylation sites (tertiary alicyclic amines) is 1. The van der Waals surface area contributed by atoms with Crippen molar-refractivity contribution in [3.05, 3.63) is 0 Å². The molecule has 3 aliphatic heterocycles. The van der Waals surface area contributed by atoms with Gasteiger partial charge in [-0.25, -0.2) is 10.9 Å². The lowest BCUT2D eigenvalue weighted by Gasteiger charge is -2.44. The van der Waals surface area contributed by atoms with Crippen molar-refractivity contribution in [1.29, 1.82) is 0 Å². The summed E-state index contributed by atoms with van der Waals surface area (Å²) in [5.74, 6) is -1.53. The molecule has 5 aliphatic rings. The zero-order chi connectivity index (χ0) is 24.0. The fourth-order valence-corrected chi connectivity index (χ4v) is 7.24. The number of carbonyl (C=O) groups excluding carboxylic acids is 1. The molecule has 5 rings (SSSR count). The van der Waals surface area contributed by atoms with Crippen LogP contribution in [0.1, 0.15) is 51.9 Å². The van der Waals surface area contributed by atoms with E-state index in [1.807, 2.05) is 4.90 Å². The summed E-state index contributed by atoms with van der Waals surface area (Å²) in [5, 5.41) is 3.73. The summed E-state index contributed by atoms with van der Waals surface area (Å²) in [5.41, 5.74) is 6.53. The van der Waals surface area contributed by atoms with E-state index in [2.05, 4.69) is 35.0 Å². The molecule has 7 unspecified atom stereocenters. The second-order valence-electron chi connectivity index (χ2n) is 11.5. The van der Waals surface area contributed by atoms with Crippen LogP contribution < -0.4 is 16.2 Å². The summed E-state index contributed by atoms with van der Waals surface area (Å²) in [6.07, 6.45) is 1.06. The van der Waals surface area contributed by atoms with Gasteiger partial charge in [-0.3, -0.25) is 9.69 Å². The molecule has 194 valence electrons. The van der Waals surface area contributed by atoms with Gasteiger partial charge in [0.05, 0.1) is 38.0 Å². The third-order valence-electron chi connectivity index (χ3n) is 9.29. The topological polar surface area (TPSA) is 68.9 Å². The van der Waals surface area contributed by atoms with E-state index < -0.39 is 23.9 Å². The molecule has 0 aromatic carbocycles. The van der Waals surface area contributed by atoms with Crippen LogP contribution >= 0.6 is 0 Å². The molecule has 0 bridgehead atoms. The van der Waals surface area contributed by atoms with E-state index in [9.17, 15) is 18.0 Å². The lowest BCUT2D eigenvalue weighted by Crippen LogP contribution is -2.55. The quantitative estimate of drug-likeness (QED) is 0.534. The molecule has 34 heavy (non-hydrogen) atoms. The second-order valence-corrected chi connectivity index (χ2v) is 11.5. The Bertz CT molecular complexity index is 736. The van der Waals surface area contributed by atoms with Gasteiger partial charge < -0.3 is 15.0 Å². The maximum absolute atomic E-state index is 13.8. The first-order chi connectivity index (χ1) is 16.2. The first kappa shape index (κ1) is 24.7. The Hall–Kier alpha value is -0.940. The average Bonchev–Trinajstić information content (AvgIpc) is 3.32. The monoisotopic (exact) mass is 487 g/mol. The number of hydrogen-bond acceptors (Lipinski definition) is 6. The van der Waals surface area contributed by atoms with Gasteiger partial charge in [-0.2, -0.15) is 13.2 Å². The summed E-state index contributed by atoms with van der Waals surface area (Å²) >= 11 is 0. The fraction of sp³-hybridized carbons (Fsp3) is 0.958. The summed E-state index contributed by atoms with van der Waals surface area (Å²) in [6, 6.07) is 0.624. The molecule has 7 nitrogen and oxygen atoms in total. The average molecular weight is 488 g/mol. The fourth-order valence-electron chi connectivity index (χ4n) is 7.24. The lowest BCUT2D eigenvalue weighted by molar-refractivity contribution is -0.198. The minimum atomic E-state index is -4.22. The highest BCUT2D eigenvalue weighted by Gasteiger charge is 2.56. The number of nitrogens with one attached hydrogen (secondary N) is 3. The summed E-state index contributed by atoms with van der Waals surface area (Å²) in [7, 11) is 2.09. The van der Waals surface area contributed by atoms with E-state index in [-0.39, 0.29) is 37.1 Å². The molecule has 2 saturated carbocycles. The van der Waals surface area contributed by atoms with Crippen molar-refractivity contribution in [2.45, 2.75) is 82.3 Å². The van der Waals surface area contributed by atoms with Gasteiger partial charge in [0.2, 0.25) is 5.91 Å². The normalized spacial score (nSPS) is 40.9. The molecule has 10 heteroatoms. The third kappa shape index (κ3) is 4.98. The molecule has 5 fully saturated rings. The standard InChI is InChI=1S/C24H40F3N5O2/c1-14(6-22-30-28-13-31(22)2)15-7-16(29-17-11-34-12-17)9-18(8-15)32-10-20-19(23(32)33)4-3-5-21(20)24(25,26)27/h14-22,28-30H,3-13H2,1-2H3/t14-,15?,16?,18?,19?,20?,21?,22?/m1/s1. The minimum absolute atomic E-state index is 0.0130. The highest BCUT2D eigenvalue weighted by atomic mass is 19.4. The van der Waals surface area contributed by atoms with Gasteiger partial charge in [-0.1, -0.05) is 13.3 Å². The zero-order valence-electron chi connectivity index (χ0n) is 20.3. The van der Waals surface area contributed by atoms with Crippen LogP contribution in [0.5, 0.6) is 0 Å². The van der Waals surface area contributed by atoms with Crippen molar-refractivity contribution in [3.63, 3.8) is 0 Å². The molecular weight excluding hydrogens is 447 g/mol. The largest absolute Gasteiger partial charge is 0.392 e. The molecule has 3 N–H and O–H groups in total. The maximum atomic E-state index is 13.8. The van der Waals surface area contributed by atoms with Gasteiger partial charge in [-0.15, -0.1) is 0 Å². The Kier molecular flexibility index (Phi) is 7.16. The van der Waals surface area contributed by atoms with E-state index >= 15 is 0 Å². The zero-order valence-corrected chi connectivity index (χ0v) is 20.3. The molecular formula is C24H40F3N5O2. The van der Waals surface area contributed by atoms with E-state index in [0.29, 0.717) is 43.9 Å². The number of alkyl halides is 3. The number of ether oxygens (including phenoxy) is 1. The van der Waals surface area contributed by atoms with Gasteiger partial charge in [0.25, 0.3) is 0 Å². The number of hydrazine groups is 1. The van der Waals surface area contributed by atoms with Crippen LogP contribution in [-0.4, -0.2) is 79.6 Å². The number of nitrogens with zero attached hydrogens (tertiary/aromatic N) is 2. The summed E-state index contributed by atoms with van der Waals surface area (Å²) in [4.78, 5) is 17.5. The van der Waals surface area contributed by atoms with Crippen molar-refractivity contribution in [2.24, 2.45) is 29.6 Å². The molecule has 0 aromatic rings. The van der Waals surface area contributed by atoms with E-state index in [0.717, 1.165) is 32.4 Å². The maximum Gasteiger partial charge on any atom is 0.392 e. The molecule has 0 spiro atoms. The Morgan fingerprint density at radius 3 is 2.62 bits per heavy atom. The second kappa shape index (κ2) is 9.84. The number of hydrogen-bond donors (Lipinski definition) is 3. The first-order valence-electron chi connectivity index (χ1n) is 13.1. The number of carbonyl (C=O) groups is 1. The van der Waals surface area contributed by atoms with Crippen LogP contribution in [0.15, 0.2) is 0 Å². The van der Waals surface area contributed by atoms with E-state index in [1.165, 1.54) is 0 Å². The van der Waals surface area contributed by atoms with Gasteiger partial charge in [0.1, 0.15) is 0 Å². The van der Waals surface area contributed by atoms with Crippen molar-refractivity contribution in [2.75, 3.05) is 33.5 Å². The number of halogens is 3. The van der Waals surface area contributed by atoms with Crippen molar-refractivity contribution in [3.8, 4) is 0 Å².